The van der Waals surface area contributed by atoms with Crippen molar-refractivity contribution >= 4 is 42.6 Å². The van der Waals surface area contributed by atoms with Gasteiger partial charge < -0.3 is 9.72 Å². The number of H-pyrrole nitrogens is 1. The highest BCUT2D eigenvalue weighted by Gasteiger charge is 2.18. The molecule has 0 saturated carbocycles. The number of carbonyl (C=O) groups excluding carboxylic acids is 1. The Hall–Kier alpha value is -1.34. The van der Waals surface area contributed by atoms with Gasteiger partial charge in [-0.05, 0) is 34.1 Å². The number of benzene rings is 1. The van der Waals surface area contributed by atoms with E-state index < -0.39 is 15.8 Å². The zero-order valence-corrected chi connectivity index (χ0v) is 12.1. The molecule has 0 aliphatic rings. The van der Waals surface area contributed by atoms with E-state index in [1.54, 1.807) is 6.07 Å². The number of hydrogen-bond acceptors (Lipinski definition) is 4. The van der Waals surface area contributed by atoms with Crippen molar-refractivity contribution in [2.24, 2.45) is 0 Å². The lowest BCUT2D eigenvalue weighted by Gasteiger charge is -1.98. The van der Waals surface area contributed by atoms with E-state index in [0.29, 0.717) is 15.4 Å². The smallest absolute Gasteiger partial charge is 0.355 e. The third kappa shape index (κ3) is 2.15. The highest BCUT2D eigenvalue weighted by Crippen LogP contribution is 2.30. The maximum absolute atomic E-state index is 11.5. The van der Waals surface area contributed by atoms with Gasteiger partial charge in [-0.2, -0.15) is 0 Å². The zero-order valence-electron chi connectivity index (χ0n) is 9.65. The van der Waals surface area contributed by atoms with Crippen LogP contribution >= 0.6 is 15.9 Å². The molecule has 96 valence electrons. The van der Waals surface area contributed by atoms with Crippen molar-refractivity contribution in [1.82, 2.24) is 4.98 Å². The third-order valence-corrected chi connectivity index (χ3v) is 4.46. The summed E-state index contributed by atoms with van der Waals surface area (Å²) in [5.41, 5.74) is 0.924. The Morgan fingerprint density at radius 1 is 1.39 bits per heavy atom. The Labute approximate surface area is 112 Å². The summed E-state index contributed by atoms with van der Waals surface area (Å²) in [5.74, 6) is -0.515. The number of sulfone groups is 1. The first-order valence-corrected chi connectivity index (χ1v) is 7.62. The zero-order chi connectivity index (χ0) is 13.5. The second-order valence-electron chi connectivity index (χ2n) is 3.79. The van der Waals surface area contributed by atoms with Crippen molar-refractivity contribution in [3.63, 3.8) is 0 Å². The van der Waals surface area contributed by atoms with Crippen LogP contribution in [0.5, 0.6) is 0 Å². The number of methoxy groups -OCH3 is 1. The van der Waals surface area contributed by atoms with Gasteiger partial charge in [0.2, 0.25) is 0 Å². The van der Waals surface area contributed by atoms with Gasteiger partial charge in [0.1, 0.15) is 5.69 Å². The highest BCUT2D eigenvalue weighted by atomic mass is 79.9. The minimum atomic E-state index is -3.28. The fraction of sp³-hybridized carbons (Fsp3) is 0.182. The van der Waals surface area contributed by atoms with Gasteiger partial charge in [-0.3, -0.25) is 0 Å². The molecule has 1 heterocycles. The average Bonchev–Trinajstić information content (AvgIpc) is 2.64. The number of aromatic amines is 1. The summed E-state index contributed by atoms with van der Waals surface area (Å²) in [6, 6.07) is 4.61. The van der Waals surface area contributed by atoms with Crippen LogP contribution in [0, 0.1) is 0 Å². The normalized spacial score (nSPS) is 11.7. The average molecular weight is 332 g/mol. The lowest BCUT2D eigenvalue weighted by molar-refractivity contribution is 0.0594. The molecule has 0 fully saturated rings. The Morgan fingerprint density at radius 3 is 2.61 bits per heavy atom. The highest BCUT2D eigenvalue weighted by molar-refractivity contribution is 9.10. The van der Waals surface area contributed by atoms with E-state index in [2.05, 4.69) is 25.7 Å². The quantitative estimate of drug-likeness (QED) is 0.855. The van der Waals surface area contributed by atoms with E-state index in [4.69, 9.17) is 0 Å². The first-order valence-electron chi connectivity index (χ1n) is 4.94. The molecule has 7 heteroatoms. The molecular formula is C11H10BrNO4S. The van der Waals surface area contributed by atoms with Crippen molar-refractivity contribution in [1.29, 1.82) is 0 Å². The van der Waals surface area contributed by atoms with E-state index in [0.717, 1.165) is 6.26 Å². The molecule has 0 bridgehead atoms. The van der Waals surface area contributed by atoms with Crippen LogP contribution in [0.3, 0.4) is 0 Å². The van der Waals surface area contributed by atoms with Crippen LogP contribution in [0.2, 0.25) is 0 Å². The first-order chi connectivity index (χ1) is 8.34. The van der Waals surface area contributed by atoms with E-state index in [9.17, 15) is 13.2 Å². The lowest BCUT2D eigenvalue weighted by atomic mass is 10.2. The number of aromatic nitrogens is 1. The Bertz CT molecular complexity index is 733. The second-order valence-corrected chi connectivity index (χ2v) is 6.59. The van der Waals surface area contributed by atoms with Crippen molar-refractivity contribution in [3.8, 4) is 0 Å². The molecule has 18 heavy (non-hydrogen) atoms. The topological polar surface area (TPSA) is 76.2 Å². The maximum atomic E-state index is 11.5. The van der Waals surface area contributed by atoms with Gasteiger partial charge in [-0.1, -0.05) is 0 Å². The SMILES string of the molecule is COC(=O)c1[nH]c2ccc(S(C)(=O)=O)cc2c1Br. The molecule has 5 nitrogen and oxygen atoms in total. The minimum Gasteiger partial charge on any atom is -0.464 e. The lowest BCUT2D eigenvalue weighted by Crippen LogP contribution is -2.01. The molecular weight excluding hydrogens is 322 g/mol. The molecule has 0 radical (unpaired) electrons. The first kappa shape index (κ1) is 13.1. The standard InChI is InChI=1S/C11H10BrNO4S/c1-17-11(14)10-9(12)7-5-6(18(2,15)16)3-4-8(7)13-10/h3-5,13H,1-2H3. The van der Waals surface area contributed by atoms with Gasteiger partial charge in [-0.15, -0.1) is 0 Å². The van der Waals surface area contributed by atoms with Gasteiger partial charge >= 0.3 is 5.97 Å². The van der Waals surface area contributed by atoms with Crippen molar-refractivity contribution < 1.29 is 17.9 Å². The number of nitrogens with one attached hydrogen (secondary N) is 1. The van der Waals surface area contributed by atoms with Crippen LogP contribution in [-0.2, 0) is 14.6 Å². The van der Waals surface area contributed by atoms with E-state index >= 15 is 0 Å². The van der Waals surface area contributed by atoms with Crippen LogP contribution in [0.25, 0.3) is 10.9 Å². The molecule has 0 atom stereocenters. The number of rotatable bonds is 2. The van der Waals surface area contributed by atoms with Gasteiger partial charge in [0.25, 0.3) is 0 Å². The summed E-state index contributed by atoms with van der Waals surface area (Å²) in [4.78, 5) is 14.6. The Kier molecular flexibility index (Phi) is 3.20. The molecule has 1 aromatic carbocycles. The molecule has 0 spiro atoms. The van der Waals surface area contributed by atoms with Crippen molar-refractivity contribution in [3.05, 3.63) is 28.4 Å². The number of esters is 1. The summed E-state index contributed by atoms with van der Waals surface area (Å²) in [7, 11) is -2.00. The summed E-state index contributed by atoms with van der Waals surface area (Å²) in [6.07, 6.45) is 1.13. The van der Waals surface area contributed by atoms with E-state index in [1.165, 1.54) is 19.2 Å². The van der Waals surface area contributed by atoms with Gasteiger partial charge in [0, 0.05) is 17.2 Å². The van der Waals surface area contributed by atoms with Gasteiger partial charge in [0.15, 0.2) is 9.84 Å². The second kappa shape index (κ2) is 4.40. The largest absolute Gasteiger partial charge is 0.464 e. The predicted octanol–water partition coefficient (Wildman–Crippen LogP) is 2.12. The van der Waals surface area contributed by atoms with Crippen molar-refractivity contribution in [2.75, 3.05) is 13.4 Å². The molecule has 2 aromatic rings. The molecule has 0 unspecified atom stereocenters. The van der Waals surface area contributed by atoms with E-state index in [-0.39, 0.29) is 10.6 Å². The summed E-state index contributed by atoms with van der Waals surface area (Å²) in [6.45, 7) is 0. The number of fused-ring (bicyclic) bond motifs is 1. The maximum Gasteiger partial charge on any atom is 0.355 e. The van der Waals surface area contributed by atoms with Crippen molar-refractivity contribution in [2.45, 2.75) is 4.90 Å². The molecule has 0 aliphatic carbocycles. The van der Waals surface area contributed by atoms with Gasteiger partial charge in [-0.25, -0.2) is 13.2 Å². The molecule has 1 N–H and O–H groups in total. The summed E-state index contributed by atoms with van der Waals surface area (Å²) < 4.78 is 28.1. The molecule has 1 aromatic heterocycles. The van der Waals surface area contributed by atoms with E-state index in [1.807, 2.05) is 0 Å². The molecule has 2 rings (SSSR count). The number of ether oxygens (including phenoxy) is 1. The van der Waals surface area contributed by atoms with Crippen LogP contribution in [0.4, 0.5) is 0 Å². The number of halogens is 1. The monoisotopic (exact) mass is 331 g/mol. The summed E-state index contributed by atoms with van der Waals surface area (Å²) >= 11 is 3.27. The van der Waals surface area contributed by atoms with Crippen LogP contribution in [-0.4, -0.2) is 32.7 Å². The summed E-state index contributed by atoms with van der Waals surface area (Å²) in [5, 5.41) is 0.623. The predicted molar refractivity (Wildman–Crippen MR) is 70.4 cm³/mol. The fourth-order valence-electron chi connectivity index (χ4n) is 1.61. The molecule has 0 saturated heterocycles. The molecule has 0 amide bonds. The van der Waals surface area contributed by atoms with Gasteiger partial charge in [0.05, 0.1) is 16.5 Å². The fourth-order valence-corrected chi connectivity index (χ4v) is 2.85. The third-order valence-electron chi connectivity index (χ3n) is 2.52. The van der Waals surface area contributed by atoms with Crippen LogP contribution < -0.4 is 0 Å². The minimum absolute atomic E-state index is 0.200. The number of hydrogen-bond donors (Lipinski definition) is 1. The molecule has 0 aliphatic heterocycles. The Balaban J connectivity index is 2.72. The Morgan fingerprint density at radius 2 is 2.06 bits per heavy atom. The van der Waals surface area contributed by atoms with Crippen LogP contribution in [0.1, 0.15) is 10.5 Å². The number of carbonyl (C=O) groups is 1. The van der Waals surface area contributed by atoms with Crippen LogP contribution in [0.15, 0.2) is 27.6 Å².